The summed E-state index contributed by atoms with van der Waals surface area (Å²) in [5, 5.41) is 4.63. The number of carbonyl (C=O) groups excluding carboxylic acids is 1. The molecular weight excluding hydrogens is 324 g/mol. The van der Waals surface area contributed by atoms with E-state index in [2.05, 4.69) is 33.2 Å². The summed E-state index contributed by atoms with van der Waals surface area (Å²) in [6, 6.07) is 5.94. The molecule has 3 rings (SSSR count). The van der Waals surface area contributed by atoms with Crippen LogP contribution in [0, 0.1) is 0 Å². The number of methoxy groups -OCH3 is 1. The van der Waals surface area contributed by atoms with E-state index in [9.17, 15) is 4.79 Å². The van der Waals surface area contributed by atoms with Crippen LogP contribution in [0.5, 0.6) is 5.75 Å². The van der Waals surface area contributed by atoms with Gasteiger partial charge in [-0.15, -0.1) is 11.3 Å². The average molecular weight is 346 g/mol. The molecule has 0 radical (unpaired) electrons. The van der Waals surface area contributed by atoms with Gasteiger partial charge in [0.1, 0.15) is 11.4 Å². The van der Waals surface area contributed by atoms with Gasteiger partial charge in [0.2, 0.25) is 0 Å². The Morgan fingerprint density at radius 3 is 2.79 bits per heavy atom. The number of anilines is 1. The fourth-order valence-corrected chi connectivity index (χ4v) is 3.26. The molecule has 24 heavy (non-hydrogen) atoms. The highest BCUT2D eigenvalue weighted by atomic mass is 32.1. The zero-order chi connectivity index (χ0) is 16.9. The van der Waals surface area contributed by atoms with Crippen molar-refractivity contribution in [2.45, 2.75) is 6.54 Å². The molecule has 1 N–H and O–H groups in total. The third-order valence-electron chi connectivity index (χ3n) is 4.18. The maximum Gasteiger partial charge on any atom is 0.275 e. The van der Waals surface area contributed by atoms with Crippen LogP contribution in [0.15, 0.2) is 29.1 Å². The van der Waals surface area contributed by atoms with Crippen molar-refractivity contribution in [2.75, 3.05) is 45.7 Å². The number of piperazine rings is 1. The monoisotopic (exact) mass is 346 g/mol. The molecule has 1 aromatic heterocycles. The number of nitrogens with zero attached hydrogens (tertiary/aromatic N) is 3. The molecule has 1 aliphatic heterocycles. The van der Waals surface area contributed by atoms with Crippen molar-refractivity contribution in [1.29, 1.82) is 0 Å². The van der Waals surface area contributed by atoms with Gasteiger partial charge in [-0.05, 0) is 24.7 Å². The van der Waals surface area contributed by atoms with Crippen molar-refractivity contribution < 1.29 is 9.53 Å². The van der Waals surface area contributed by atoms with Crippen molar-refractivity contribution in [2.24, 2.45) is 0 Å². The van der Waals surface area contributed by atoms with Gasteiger partial charge in [0, 0.05) is 38.1 Å². The largest absolute Gasteiger partial charge is 0.495 e. The second-order valence-electron chi connectivity index (χ2n) is 5.94. The second kappa shape index (κ2) is 7.74. The summed E-state index contributed by atoms with van der Waals surface area (Å²) in [7, 11) is 3.75. The van der Waals surface area contributed by atoms with E-state index in [1.54, 1.807) is 18.0 Å². The molecule has 0 bridgehead atoms. The first-order valence-corrected chi connectivity index (χ1v) is 8.87. The summed E-state index contributed by atoms with van der Waals surface area (Å²) >= 11 is 1.40. The Balaban J connectivity index is 1.71. The molecule has 0 unspecified atom stereocenters. The first-order chi connectivity index (χ1) is 11.7. The highest BCUT2D eigenvalue weighted by Crippen LogP contribution is 2.27. The normalized spacial score (nSPS) is 16.1. The van der Waals surface area contributed by atoms with Gasteiger partial charge in [-0.2, -0.15) is 0 Å². The van der Waals surface area contributed by atoms with Gasteiger partial charge in [-0.1, -0.05) is 6.07 Å². The lowest BCUT2D eigenvalue weighted by molar-refractivity contribution is 0.102. The number of thiazole rings is 1. The van der Waals surface area contributed by atoms with Crippen LogP contribution in [-0.2, 0) is 6.54 Å². The lowest BCUT2D eigenvalue weighted by atomic mass is 10.1. The average Bonchev–Trinajstić information content (AvgIpc) is 3.12. The molecule has 1 aliphatic rings. The van der Waals surface area contributed by atoms with E-state index in [1.165, 1.54) is 11.3 Å². The Bertz CT molecular complexity index is 682. The van der Waals surface area contributed by atoms with E-state index in [4.69, 9.17) is 4.74 Å². The fourth-order valence-electron chi connectivity index (χ4n) is 2.73. The number of ether oxygens (including phenoxy) is 1. The van der Waals surface area contributed by atoms with Crippen LogP contribution in [-0.4, -0.2) is 61.0 Å². The van der Waals surface area contributed by atoms with E-state index < -0.39 is 0 Å². The molecule has 1 fully saturated rings. The van der Waals surface area contributed by atoms with E-state index in [1.807, 2.05) is 12.1 Å². The highest BCUT2D eigenvalue weighted by molar-refractivity contribution is 7.07. The second-order valence-corrected chi connectivity index (χ2v) is 6.66. The zero-order valence-electron chi connectivity index (χ0n) is 14.0. The topological polar surface area (TPSA) is 57.7 Å². The van der Waals surface area contributed by atoms with Crippen LogP contribution in [0.3, 0.4) is 0 Å². The standard InChI is InChI=1S/C17H22N4O2S/c1-20-5-7-21(8-6-20)10-13-3-4-16(23-2)14(9-13)19-17(22)15-11-24-12-18-15/h3-4,9,11-12H,5-8,10H2,1-2H3,(H,19,22). The van der Waals surface area contributed by atoms with Crippen LogP contribution in [0.1, 0.15) is 16.1 Å². The molecule has 1 aromatic carbocycles. The minimum absolute atomic E-state index is 0.216. The highest BCUT2D eigenvalue weighted by Gasteiger charge is 2.16. The Hall–Kier alpha value is -1.96. The minimum atomic E-state index is -0.216. The summed E-state index contributed by atoms with van der Waals surface area (Å²) in [5.41, 5.74) is 3.92. The van der Waals surface area contributed by atoms with Gasteiger partial charge >= 0.3 is 0 Å². The van der Waals surface area contributed by atoms with E-state index in [0.717, 1.165) is 38.3 Å². The quantitative estimate of drug-likeness (QED) is 0.899. The lowest BCUT2D eigenvalue weighted by Gasteiger charge is -2.32. The molecular formula is C17H22N4O2S. The Labute approximate surface area is 146 Å². The number of hydrogen-bond donors (Lipinski definition) is 1. The molecule has 1 saturated heterocycles. The molecule has 0 saturated carbocycles. The minimum Gasteiger partial charge on any atom is -0.495 e. The van der Waals surface area contributed by atoms with Crippen LogP contribution < -0.4 is 10.1 Å². The predicted octanol–water partition coefficient (Wildman–Crippen LogP) is 2.15. The Morgan fingerprint density at radius 2 is 2.12 bits per heavy atom. The first kappa shape index (κ1) is 16.9. The lowest BCUT2D eigenvalue weighted by Crippen LogP contribution is -2.43. The number of amides is 1. The smallest absolute Gasteiger partial charge is 0.275 e. The van der Waals surface area contributed by atoms with Crippen LogP contribution in [0.2, 0.25) is 0 Å². The van der Waals surface area contributed by atoms with Gasteiger partial charge in [-0.25, -0.2) is 4.98 Å². The van der Waals surface area contributed by atoms with Crippen LogP contribution in [0.4, 0.5) is 5.69 Å². The Kier molecular flexibility index (Phi) is 5.44. The number of carbonyl (C=O) groups is 1. The number of likely N-dealkylation sites (N-methyl/N-ethyl adjacent to an activating group) is 1. The number of nitrogens with one attached hydrogen (secondary N) is 1. The third kappa shape index (κ3) is 4.11. The SMILES string of the molecule is COc1ccc(CN2CCN(C)CC2)cc1NC(=O)c1cscn1. The molecule has 7 heteroatoms. The van der Waals surface area contributed by atoms with E-state index in [-0.39, 0.29) is 5.91 Å². The number of aromatic nitrogens is 1. The molecule has 0 atom stereocenters. The molecule has 6 nitrogen and oxygen atoms in total. The first-order valence-electron chi connectivity index (χ1n) is 7.93. The molecule has 2 heterocycles. The number of benzene rings is 1. The molecule has 0 aliphatic carbocycles. The van der Waals surface area contributed by atoms with Gasteiger partial charge in [0.05, 0.1) is 18.3 Å². The maximum absolute atomic E-state index is 12.2. The van der Waals surface area contributed by atoms with Gasteiger partial charge < -0.3 is 15.0 Å². The van der Waals surface area contributed by atoms with Crippen molar-refractivity contribution in [3.8, 4) is 5.75 Å². The molecule has 128 valence electrons. The number of rotatable bonds is 5. The zero-order valence-corrected chi connectivity index (χ0v) is 14.8. The molecule has 1 amide bonds. The summed E-state index contributed by atoms with van der Waals surface area (Å²) in [5.74, 6) is 0.437. The maximum atomic E-state index is 12.2. The predicted molar refractivity (Wildman–Crippen MR) is 95.8 cm³/mol. The summed E-state index contributed by atoms with van der Waals surface area (Å²) in [4.78, 5) is 21.0. The van der Waals surface area contributed by atoms with Gasteiger partial charge in [0.15, 0.2) is 0 Å². The number of hydrogen-bond acceptors (Lipinski definition) is 6. The van der Waals surface area contributed by atoms with Crippen molar-refractivity contribution >= 4 is 22.9 Å². The van der Waals surface area contributed by atoms with E-state index >= 15 is 0 Å². The summed E-state index contributed by atoms with van der Waals surface area (Å²) < 4.78 is 5.37. The van der Waals surface area contributed by atoms with Gasteiger partial charge in [-0.3, -0.25) is 9.69 Å². The van der Waals surface area contributed by atoms with Gasteiger partial charge in [0.25, 0.3) is 5.91 Å². The van der Waals surface area contributed by atoms with Crippen molar-refractivity contribution in [1.82, 2.24) is 14.8 Å². The summed E-state index contributed by atoms with van der Waals surface area (Å²) in [6.45, 7) is 5.16. The third-order valence-corrected chi connectivity index (χ3v) is 4.77. The fraction of sp³-hybridized carbons (Fsp3) is 0.412. The van der Waals surface area contributed by atoms with Crippen molar-refractivity contribution in [3.05, 3.63) is 40.3 Å². The van der Waals surface area contributed by atoms with E-state index in [0.29, 0.717) is 17.1 Å². The molecule has 0 spiro atoms. The van der Waals surface area contributed by atoms with Crippen LogP contribution in [0.25, 0.3) is 0 Å². The Morgan fingerprint density at radius 1 is 1.33 bits per heavy atom. The van der Waals surface area contributed by atoms with Crippen LogP contribution >= 0.6 is 11.3 Å². The van der Waals surface area contributed by atoms with Crippen molar-refractivity contribution in [3.63, 3.8) is 0 Å². The summed E-state index contributed by atoms with van der Waals surface area (Å²) in [6.07, 6.45) is 0. The molecule has 2 aromatic rings.